The van der Waals surface area contributed by atoms with Crippen molar-refractivity contribution >= 4 is 11.5 Å². The number of allylic oxidation sites excluding steroid dienone is 1. The summed E-state index contributed by atoms with van der Waals surface area (Å²) in [6, 6.07) is 8.78. The zero-order valence-electron chi connectivity index (χ0n) is 14.6. The molecule has 0 radical (unpaired) electrons. The van der Waals surface area contributed by atoms with E-state index in [-0.39, 0.29) is 5.69 Å². The smallest absolute Gasteiger partial charge is 0.311 e. The van der Waals surface area contributed by atoms with Crippen LogP contribution in [-0.4, -0.2) is 46.0 Å². The van der Waals surface area contributed by atoms with Gasteiger partial charge < -0.3 is 9.80 Å². The summed E-state index contributed by atoms with van der Waals surface area (Å²) in [5.41, 5.74) is 2.40. The summed E-state index contributed by atoms with van der Waals surface area (Å²) in [5.74, 6) is 6.50. The minimum absolute atomic E-state index is 0.0325. The van der Waals surface area contributed by atoms with E-state index in [2.05, 4.69) is 33.3 Å². The van der Waals surface area contributed by atoms with Crippen molar-refractivity contribution in [3.8, 4) is 11.8 Å². The molecule has 0 saturated carbocycles. The van der Waals surface area contributed by atoms with Gasteiger partial charge in [0.1, 0.15) is 5.69 Å². The van der Waals surface area contributed by atoms with Crippen LogP contribution in [-0.2, 0) is 0 Å². The normalized spacial score (nSPS) is 13.7. The molecule has 1 aliphatic rings. The number of aromatic nitrogens is 2. The molecule has 0 aromatic carbocycles. The predicted molar refractivity (Wildman–Crippen MR) is 99.7 cm³/mol. The van der Waals surface area contributed by atoms with E-state index in [1.807, 2.05) is 30.0 Å². The average molecular weight is 349 g/mol. The fourth-order valence-corrected chi connectivity index (χ4v) is 2.79. The van der Waals surface area contributed by atoms with Crippen molar-refractivity contribution in [3.63, 3.8) is 0 Å². The number of rotatable bonds is 3. The van der Waals surface area contributed by atoms with Crippen LogP contribution in [0.2, 0.25) is 0 Å². The second-order valence-electron chi connectivity index (χ2n) is 5.94. The first-order valence-corrected chi connectivity index (χ1v) is 8.28. The lowest BCUT2D eigenvalue weighted by atomic mass is 10.2. The molecule has 7 heteroatoms. The Morgan fingerprint density at radius 2 is 2.00 bits per heavy atom. The SMILES string of the molecule is C=C(C#Cc1cccc(C)n1)N1CCN(c2ncccc2[N+](=O)[O-])CC1. The molecular weight excluding hydrogens is 330 g/mol. The molecule has 7 nitrogen and oxygen atoms in total. The Morgan fingerprint density at radius 1 is 1.23 bits per heavy atom. The van der Waals surface area contributed by atoms with E-state index in [1.165, 1.54) is 6.07 Å². The molecule has 0 N–H and O–H groups in total. The highest BCUT2D eigenvalue weighted by atomic mass is 16.6. The third-order valence-electron chi connectivity index (χ3n) is 4.15. The Hall–Kier alpha value is -3.40. The third kappa shape index (κ3) is 3.98. The number of nitro groups is 1. The number of anilines is 1. The lowest BCUT2D eigenvalue weighted by molar-refractivity contribution is -0.384. The van der Waals surface area contributed by atoms with E-state index in [9.17, 15) is 10.1 Å². The monoisotopic (exact) mass is 349 g/mol. The van der Waals surface area contributed by atoms with Gasteiger partial charge in [-0.1, -0.05) is 12.6 Å². The maximum absolute atomic E-state index is 11.2. The molecule has 1 aliphatic heterocycles. The minimum Gasteiger partial charge on any atom is -0.362 e. The topological polar surface area (TPSA) is 75.4 Å². The van der Waals surface area contributed by atoms with E-state index in [1.54, 1.807) is 12.3 Å². The van der Waals surface area contributed by atoms with Gasteiger partial charge in [-0.25, -0.2) is 9.97 Å². The number of nitrogens with zero attached hydrogens (tertiary/aromatic N) is 5. The van der Waals surface area contributed by atoms with Crippen LogP contribution in [0.1, 0.15) is 11.4 Å². The molecule has 0 unspecified atom stereocenters. The Morgan fingerprint density at radius 3 is 2.69 bits per heavy atom. The van der Waals surface area contributed by atoms with Crippen molar-refractivity contribution in [2.24, 2.45) is 0 Å². The maximum Gasteiger partial charge on any atom is 0.311 e. The molecule has 0 amide bonds. The molecule has 2 aromatic heterocycles. The molecule has 0 bridgehead atoms. The molecule has 132 valence electrons. The summed E-state index contributed by atoms with van der Waals surface area (Å²) in [6.07, 6.45) is 1.58. The van der Waals surface area contributed by atoms with E-state index < -0.39 is 4.92 Å². The Bertz CT molecular complexity index is 892. The van der Waals surface area contributed by atoms with Gasteiger partial charge in [0, 0.05) is 44.1 Å². The Kier molecular flexibility index (Phi) is 5.13. The minimum atomic E-state index is -0.395. The largest absolute Gasteiger partial charge is 0.362 e. The molecule has 3 heterocycles. The van der Waals surface area contributed by atoms with Gasteiger partial charge in [0.2, 0.25) is 5.82 Å². The maximum atomic E-state index is 11.2. The van der Waals surface area contributed by atoms with Gasteiger partial charge in [-0.15, -0.1) is 0 Å². The molecule has 26 heavy (non-hydrogen) atoms. The first kappa shape index (κ1) is 17.4. The van der Waals surface area contributed by atoms with E-state index in [0.29, 0.717) is 37.7 Å². The standard InChI is InChI=1S/C19H19N5O2/c1-15-5-3-6-17(21-15)9-8-16(2)22-11-13-23(14-12-22)19-18(24(25)26)7-4-10-20-19/h3-7,10H,2,11-14H2,1H3. The predicted octanol–water partition coefficient (Wildman–Crippen LogP) is 2.38. The number of hydrogen-bond donors (Lipinski definition) is 0. The fourth-order valence-electron chi connectivity index (χ4n) is 2.79. The number of piperazine rings is 1. The van der Waals surface area contributed by atoms with Gasteiger partial charge in [0.25, 0.3) is 0 Å². The van der Waals surface area contributed by atoms with Gasteiger partial charge in [-0.05, 0) is 37.0 Å². The number of aryl methyl sites for hydroxylation is 1. The molecule has 2 aromatic rings. The van der Waals surface area contributed by atoms with E-state index >= 15 is 0 Å². The number of hydrogen-bond acceptors (Lipinski definition) is 6. The van der Waals surface area contributed by atoms with Gasteiger partial charge >= 0.3 is 5.69 Å². The first-order valence-electron chi connectivity index (χ1n) is 8.28. The fraction of sp³-hybridized carbons (Fsp3) is 0.263. The molecule has 0 atom stereocenters. The van der Waals surface area contributed by atoms with Crippen LogP contribution in [0.5, 0.6) is 0 Å². The highest BCUT2D eigenvalue weighted by molar-refractivity contribution is 5.57. The van der Waals surface area contributed by atoms with Crippen molar-refractivity contribution < 1.29 is 4.92 Å². The van der Waals surface area contributed by atoms with Crippen LogP contribution in [0.4, 0.5) is 11.5 Å². The van der Waals surface area contributed by atoms with Crippen LogP contribution in [0, 0.1) is 28.9 Å². The molecule has 0 spiro atoms. The number of pyridine rings is 2. The second-order valence-corrected chi connectivity index (χ2v) is 5.94. The average Bonchev–Trinajstić information content (AvgIpc) is 2.66. The van der Waals surface area contributed by atoms with Gasteiger partial charge in [0.15, 0.2) is 0 Å². The second kappa shape index (κ2) is 7.66. The van der Waals surface area contributed by atoms with Gasteiger partial charge in [-0.3, -0.25) is 10.1 Å². The van der Waals surface area contributed by atoms with Crippen molar-refractivity contribution in [3.05, 3.63) is 70.3 Å². The first-order chi connectivity index (χ1) is 12.5. The molecule has 3 rings (SSSR count). The highest BCUT2D eigenvalue weighted by Crippen LogP contribution is 2.26. The summed E-state index contributed by atoms with van der Waals surface area (Å²) >= 11 is 0. The van der Waals surface area contributed by atoms with Crippen LogP contribution in [0.15, 0.2) is 48.8 Å². The summed E-state index contributed by atoms with van der Waals surface area (Å²) in [7, 11) is 0. The lowest BCUT2D eigenvalue weighted by Crippen LogP contribution is -2.46. The molecule has 1 fully saturated rings. The van der Waals surface area contributed by atoms with Gasteiger partial charge in [-0.2, -0.15) is 0 Å². The molecule has 0 aliphatic carbocycles. The quantitative estimate of drug-likeness (QED) is 0.481. The summed E-state index contributed by atoms with van der Waals surface area (Å²) in [4.78, 5) is 23.3. The van der Waals surface area contributed by atoms with Crippen LogP contribution >= 0.6 is 0 Å². The lowest BCUT2D eigenvalue weighted by Gasteiger charge is -2.35. The van der Waals surface area contributed by atoms with Crippen LogP contribution in [0.25, 0.3) is 0 Å². The summed E-state index contributed by atoms with van der Waals surface area (Å²) < 4.78 is 0. The van der Waals surface area contributed by atoms with E-state index in [4.69, 9.17) is 0 Å². The zero-order chi connectivity index (χ0) is 18.5. The third-order valence-corrected chi connectivity index (χ3v) is 4.15. The zero-order valence-corrected chi connectivity index (χ0v) is 14.6. The Labute approximate surface area is 152 Å². The van der Waals surface area contributed by atoms with Crippen LogP contribution < -0.4 is 4.90 Å². The van der Waals surface area contributed by atoms with Crippen molar-refractivity contribution in [2.45, 2.75) is 6.92 Å². The van der Waals surface area contributed by atoms with Crippen molar-refractivity contribution in [2.75, 3.05) is 31.1 Å². The summed E-state index contributed by atoms with van der Waals surface area (Å²) in [6.45, 7) is 8.59. The van der Waals surface area contributed by atoms with E-state index in [0.717, 1.165) is 11.4 Å². The molecule has 1 saturated heterocycles. The Balaban J connectivity index is 1.64. The van der Waals surface area contributed by atoms with Crippen molar-refractivity contribution in [1.82, 2.24) is 14.9 Å². The highest BCUT2D eigenvalue weighted by Gasteiger charge is 2.24. The van der Waals surface area contributed by atoms with Crippen molar-refractivity contribution in [1.29, 1.82) is 0 Å². The van der Waals surface area contributed by atoms with Gasteiger partial charge in [0.05, 0.1) is 10.6 Å². The van der Waals surface area contributed by atoms with Crippen LogP contribution in [0.3, 0.4) is 0 Å². The summed E-state index contributed by atoms with van der Waals surface area (Å²) in [5, 5.41) is 11.2. The molecular formula is C19H19N5O2.